The number of halogens is 2. The zero-order valence-electron chi connectivity index (χ0n) is 11.7. The van der Waals surface area contributed by atoms with Gasteiger partial charge < -0.3 is 14.6 Å². The van der Waals surface area contributed by atoms with Crippen LogP contribution in [0.25, 0.3) is 0 Å². The van der Waals surface area contributed by atoms with Crippen LogP contribution < -0.4 is 4.74 Å². The van der Waals surface area contributed by atoms with Crippen LogP contribution in [0.3, 0.4) is 0 Å². The van der Waals surface area contributed by atoms with Crippen LogP contribution in [0.4, 0.5) is 0 Å². The van der Waals surface area contributed by atoms with Gasteiger partial charge in [-0.25, -0.2) is 0 Å². The van der Waals surface area contributed by atoms with Gasteiger partial charge in [-0.3, -0.25) is 4.68 Å². The van der Waals surface area contributed by atoms with E-state index in [0.29, 0.717) is 35.2 Å². The van der Waals surface area contributed by atoms with E-state index >= 15 is 0 Å². The van der Waals surface area contributed by atoms with Gasteiger partial charge in [0.2, 0.25) is 0 Å². The van der Waals surface area contributed by atoms with Crippen molar-refractivity contribution in [2.75, 3.05) is 20.8 Å². The fourth-order valence-corrected chi connectivity index (χ4v) is 2.79. The fourth-order valence-electron chi connectivity index (χ4n) is 2.01. The topological polar surface area (TPSA) is 56.5 Å². The van der Waals surface area contributed by atoms with Crippen LogP contribution in [-0.2, 0) is 11.3 Å². The molecule has 1 aromatic carbocycles. The highest BCUT2D eigenvalue weighted by molar-refractivity contribution is 9.10. The molecule has 0 saturated carbocycles. The first kappa shape index (κ1) is 16.3. The average Bonchev–Trinajstić information content (AvgIpc) is 2.85. The number of nitrogens with zero attached hydrogens (tertiary/aromatic N) is 2. The Kier molecular flexibility index (Phi) is 5.64. The minimum Gasteiger partial charge on any atom is -0.495 e. The van der Waals surface area contributed by atoms with Crippen molar-refractivity contribution in [3.63, 3.8) is 0 Å². The summed E-state index contributed by atoms with van der Waals surface area (Å²) in [7, 11) is 3.17. The van der Waals surface area contributed by atoms with Crippen molar-refractivity contribution in [3.05, 3.63) is 45.1 Å². The molecule has 0 aliphatic carbocycles. The number of hydrogen-bond donors (Lipinski definition) is 1. The summed E-state index contributed by atoms with van der Waals surface area (Å²) in [5.41, 5.74) is 1.33. The maximum atomic E-state index is 10.6. The van der Waals surface area contributed by atoms with Gasteiger partial charge in [-0.15, -0.1) is 0 Å². The van der Waals surface area contributed by atoms with E-state index in [0.717, 1.165) is 4.47 Å². The average molecular weight is 376 g/mol. The first-order valence-electron chi connectivity index (χ1n) is 6.30. The Morgan fingerprint density at radius 2 is 2.19 bits per heavy atom. The summed E-state index contributed by atoms with van der Waals surface area (Å²) in [6.45, 7) is 1.07. The fraction of sp³-hybridized carbons (Fsp3) is 0.357. The summed E-state index contributed by atoms with van der Waals surface area (Å²) in [5, 5.41) is 15.3. The smallest absolute Gasteiger partial charge is 0.137 e. The number of methoxy groups -OCH3 is 2. The van der Waals surface area contributed by atoms with Crippen molar-refractivity contribution < 1.29 is 14.6 Å². The SMILES string of the molecule is COCCn1ncc(Br)c1C(O)c1ccc(OC)c(Cl)c1. The number of ether oxygens (including phenoxy) is 2. The lowest BCUT2D eigenvalue weighted by molar-refractivity contribution is 0.171. The van der Waals surface area contributed by atoms with E-state index in [1.165, 1.54) is 0 Å². The summed E-state index contributed by atoms with van der Waals surface area (Å²) in [6, 6.07) is 5.19. The monoisotopic (exact) mass is 374 g/mol. The molecule has 0 spiro atoms. The predicted molar refractivity (Wildman–Crippen MR) is 83.9 cm³/mol. The summed E-state index contributed by atoms with van der Waals surface area (Å²) in [5.74, 6) is 0.569. The second-order valence-corrected chi connectivity index (χ2v) is 5.65. The third kappa shape index (κ3) is 3.58. The van der Waals surface area contributed by atoms with Crippen LogP contribution in [0.5, 0.6) is 5.75 Å². The number of benzene rings is 1. The van der Waals surface area contributed by atoms with Crippen molar-refractivity contribution in [2.45, 2.75) is 12.6 Å². The Balaban J connectivity index is 2.33. The van der Waals surface area contributed by atoms with Crippen LogP contribution in [-0.4, -0.2) is 35.7 Å². The number of aliphatic hydroxyl groups excluding tert-OH is 1. The van der Waals surface area contributed by atoms with E-state index in [9.17, 15) is 5.11 Å². The molecule has 2 aromatic rings. The minimum atomic E-state index is -0.845. The molecule has 7 heteroatoms. The quantitative estimate of drug-likeness (QED) is 0.843. The molecule has 1 aromatic heterocycles. The van der Waals surface area contributed by atoms with Crippen LogP contribution in [0.15, 0.2) is 28.9 Å². The molecule has 0 aliphatic heterocycles. The highest BCUT2D eigenvalue weighted by Gasteiger charge is 2.20. The van der Waals surface area contributed by atoms with E-state index in [4.69, 9.17) is 21.1 Å². The molecule has 0 radical (unpaired) electrons. The molecular formula is C14H16BrClN2O3. The lowest BCUT2D eigenvalue weighted by Crippen LogP contribution is -2.13. The molecule has 114 valence electrons. The van der Waals surface area contributed by atoms with Gasteiger partial charge in [-0.2, -0.15) is 5.10 Å². The van der Waals surface area contributed by atoms with Gasteiger partial charge in [0, 0.05) is 7.11 Å². The third-order valence-corrected chi connectivity index (χ3v) is 4.00. The number of hydrogen-bond acceptors (Lipinski definition) is 4. The highest BCUT2D eigenvalue weighted by atomic mass is 79.9. The van der Waals surface area contributed by atoms with Gasteiger partial charge in [0.15, 0.2) is 0 Å². The summed E-state index contributed by atoms with van der Waals surface area (Å²) >= 11 is 9.52. The van der Waals surface area contributed by atoms with Crippen molar-refractivity contribution >= 4 is 27.5 Å². The first-order valence-corrected chi connectivity index (χ1v) is 7.47. The molecule has 1 heterocycles. The van der Waals surface area contributed by atoms with Gasteiger partial charge in [-0.1, -0.05) is 17.7 Å². The molecule has 0 saturated heterocycles. The normalized spacial score (nSPS) is 12.4. The minimum absolute atomic E-state index is 0.452. The molecule has 1 atom stereocenters. The van der Waals surface area contributed by atoms with Gasteiger partial charge in [0.25, 0.3) is 0 Å². The lowest BCUT2D eigenvalue weighted by atomic mass is 10.1. The largest absolute Gasteiger partial charge is 0.495 e. The number of aromatic nitrogens is 2. The summed E-state index contributed by atoms with van der Waals surface area (Å²) in [6.07, 6.45) is 0.807. The van der Waals surface area contributed by atoms with Gasteiger partial charge >= 0.3 is 0 Å². The Bertz CT molecular complexity index is 618. The maximum Gasteiger partial charge on any atom is 0.137 e. The molecule has 1 N–H and O–H groups in total. The van der Waals surface area contributed by atoms with Crippen molar-refractivity contribution in [1.82, 2.24) is 9.78 Å². The first-order chi connectivity index (χ1) is 10.1. The van der Waals surface area contributed by atoms with Crippen molar-refractivity contribution in [1.29, 1.82) is 0 Å². The summed E-state index contributed by atoms with van der Waals surface area (Å²) in [4.78, 5) is 0. The van der Waals surface area contributed by atoms with Crippen LogP contribution in [0.1, 0.15) is 17.4 Å². The number of aliphatic hydroxyl groups is 1. The van der Waals surface area contributed by atoms with Gasteiger partial charge in [-0.05, 0) is 33.6 Å². The van der Waals surface area contributed by atoms with Crippen LogP contribution in [0, 0.1) is 0 Å². The predicted octanol–water partition coefficient (Wildman–Crippen LogP) is 3.04. The van der Waals surface area contributed by atoms with Crippen LogP contribution in [0.2, 0.25) is 5.02 Å². The Morgan fingerprint density at radius 3 is 2.81 bits per heavy atom. The van der Waals surface area contributed by atoms with Gasteiger partial charge in [0.1, 0.15) is 11.9 Å². The molecule has 0 amide bonds. The highest BCUT2D eigenvalue weighted by Crippen LogP contribution is 2.32. The Morgan fingerprint density at radius 1 is 1.43 bits per heavy atom. The van der Waals surface area contributed by atoms with E-state index in [1.807, 2.05) is 0 Å². The van der Waals surface area contributed by atoms with E-state index in [-0.39, 0.29) is 0 Å². The Hall–Kier alpha value is -1.08. The second-order valence-electron chi connectivity index (χ2n) is 4.39. The molecule has 0 bridgehead atoms. The van der Waals surface area contributed by atoms with Crippen molar-refractivity contribution in [3.8, 4) is 5.75 Å². The van der Waals surface area contributed by atoms with E-state index in [2.05, 4.69) is 21.0 Å². The Labute approximate surface area is 136 Å². The molecule has 2 rings (SSSR count). The van der Waals surface area contributed by atoms with E-state index in [1.54, 1.807) is 43.3 Å². The molecule has 1 unspecified atom stereocenters. The molecular weight excluding hydrogens is 360 g/mol. The third-order valence-electron chi connectivity index (χ3n) is 3.09. The standard InChI is InChI=1S/C14H16BrClN2O3/c1-20-6-5-18-13(10(15)8-17-18)14(19)9-3-4-12(21-2)11(16)7-9/h3-4,7-8,14,19H,5-6H2,1-2H3. The maximum absolute atomic E-state index is 10.6. The molecule has 21 heavy (non-hydrogen) atoms. The van der Waals surface area contributed by atoms with Crippen LogP contribution >= 0.6 is 27.5 Å². The molecule has 0 fully saturated rings. The lowest BCUT2D eigenvalue weighted by Gasteiger charge is -2.15. The zero-order valence-corrected chi connectivity index (χ0v) is 14.1. The van der Waals surface area contributed by atoms with E-state index < -0.39 is 6.10 Å². The van der Waals surface area contributed by atoms with Crippen molar-refractivity contribution in [2.24, 2.45) is 0 Å². The summed E-state index contributed by atoms with van der Waals surface area (Å²) < 4.78 is 12.6. The molecule has 5 nitrogen and oxygen atoms in total. The van der Waals surface area contributed by atoms with Gasteiger partial charge in [0.05, 0.1) is 41.6 Å². The number of rotatable bonds is 6. The second kappa shape index (κ2) is 7.26. The molecule has 0 aliphatic rings. The zero-order chi connectivity index (χ0) is 15.4.